The third-order valence-electron chi connectivity index (χ3n) is 3.33. The monoisotopic (exact) mass is 339 g/mol. The first-order chi connectivity index (χ1) is 10.1. The van der Waals surface area contributed by atoms with Crippen molar-refractivity contribution in [2.45, 2.75) is 24.9 Å². The molecule has 1 aromatic rings. The van der Waals surface area contributed by atoms with E-state index in [1.54, 1.807) is 0 Å². The molecule has 124 valence electrons. The van der Waals surface area contributed by atoms with E-state index in [1.807, 2.05) is 0 Å². The van der Waals surface area contributed by atoms with Gasteiger partial charge in [0.2, 0.25) is 0 Å². The van der Waals surface area contributed by atoms with Crippen LogP contribution in [0.25, 0.3) is 0 Å². The van der Waals surface area contributed by atoms with Crippen LogP contribution in [-0.2, 0) is 9.84 Å². The lowest BCUT2D eigenvalue weighted by atomic mass is 10.1. The summed E-state index contributed by atoms with van der Waals surface area (Å²) in [5.41, 5.74) is 0.419. The second-order valence-electron chi connectivity index (χ2n) is 5.14. The highest BCUT2D eigenvalue weighted by atomic mass is 32.2. The van der Waals surface area contributed by atoms with E-state index in [0.29, 0.717) is 12.0 Å². The molecule has 0 amide bonds. The van der Waals surface area contributed by atoms with Crippen molar-refractivity contribution >= 4 is 9.84 Å². The summed E-state index contributed by atoms with van der Waals surface area (Å²) in [5.74, 6) is -0.194. The number of alkyl halides is 3. The molecule has 0 radical (unpaired) electrons. The van der Waals surface area contributed by atoms with Gasteiger partial charge in [-0.3, -0.25) is 0 Å². The molecule has 0 spiro atoms. The maximum Gasteiger partial charge on any atom is 0.573 e. The van der Waals surface area contributed by atoms with Gasteiger partial charge in [-0.25, -0.2) is 8.42 Å². The molecule has 1 aliphatic rings. The number of hydrogen-bond acceptors (Lipinski definition) is 5. The van der Waals surface area contributed by atoms with Crippen LogP contribution in [0, 0.1) is 0 Å². The Hall–Kier alpha value is -1.32. The molecule has 22 heavy (non-hydrogen) atoms. The van der Waals surface area contributed by atoms with Gasteiger partial charge in [0, 0.05) is 12.6 Å². The fourth-order valence-corrected chi connectivity index (χ4v) is 3.95. The molecule has 1 aromatic carbocycles. The molecule has 2 rings (SSSR count). The maximum atomic E-state index is 12.0. The lowest BCUT2D eigenvalue weighted by Gasteiger charge is -2.16. The van der Waals surface area contributed by atoms with Gasteiger partial charge in [0.25, 0.3) is 0 Å². The van der Waals surface area contributed by atoms with Gasteiger partial charge in [0.1, 0.15) is 5.75 Å². The highest BCUT2D eigenvalue weighted by Crippen LogP contribution is 2.24. The summed E-state index contributed by atoms with van der Waals surface area (Å²) < 4.78 is 62.4. The van der Waals surface area contributed by atoms with Crippen molar-refractivity contribution in [2.24, 2.45) is 0 Å². The van der Waals surface area contributed by atoms with Gasteiger partial charge in [0.05, 0.1) is 17.6 Å². The van der Waals surface area contributed by atoms with Gasteiger partial charge in [-0.2, -0.15) is 0 Å². The largest absolute Gasteiger partial charge is 0.573 e. The summed E-state index contributed by atoms with van der Waals surface area (Å²) in [6, 6.07) is 4.70. The van der Waals surface area contributed by atoms with Gasteiger partial charge >= 0.3 is 6.36 Å². The number of halogens is 3. The van der Waals surface area contributed by atoms with Crippen molar-refractivity contribution < 1.29 is 31.4 Å². The Bertz CT molecular complexity index is 601. The number of rotatable bonds is 5. The van der Waals surface area contributed by atoms with Crippen LogP contribution in [0.4, 0.5) is 13.2 Å². The zero-order valence-electron chi connectivity index (χ0n) is 11.5. The molecular weight excluding hydrogens is 323 g/mol. The molecule has 0 aromatic heterocycles. The normalized spacial score (nSPS) is 22.5. The van der Waals surface area contributed by atoms with E-state index in [2.05, 4.69) is 10.1 Å². The highest BCUT2D eigenvalue weighted by molar-refractivity contribution is 7.91. The quantitative estimate of drug-likeness (QED) is 0.848. The minimum absolute atomic E-state index is 0.0398. The Morgan fingerprint density at radius 1 is 1.32 bits per heavy atom. The van der Waals surface area contributed by atoms with Crippen LogP contribution in [0.3, 0.4) is 0 Å². The van der Waals surface area contributed by atoms with Crippen LogP contribution in [-0.4, -0.2) is 44.0 Å². The Balaban J connectivity index is 1.86. The zero-order valence-corrected chi connectivity index (χ0v) is 12.3. The molecule has 2 unspecified atom stereocenters. The number of benzene rings is 1. The molecule has 1 heterocycles. The molecule has 1 fully saturated rings. The zero-order chi connectivity index (χ0) is 16.4. The van der Waals surface area contributed by atoms with E-state index >= 15 is 0 Å². The molecular formula is C13H16F3NO4S. The molecule has 2 N–H and O–H groups in total. The molecule has 0 bridgehead atoms. The minimum Gasteiger partial charge on any atom is -0.406 e. The Morgan fingerprint density at radius 3 is 2.45 bits per heavy atom. The summed E-state index contributed by atoms with van der Waals surface area (Å²) in [6.07, 6.45) is -5.20. The molecule has 0 saturated carbocycles. The van der Waals surface area contributed by atoms with Gasteiger partial charge in [0.15, 0.2) is 9.84 Å². The summed E-state index contributed by atoms with van der Waals surface area (Å²) in [5, 5.41) is 12.9. The predicted octanol–water partition coefficient (Wildman–Crippen LogP) is 1.40. The number of aliphatic hydroxyl groups excluding tert-OH is 1. The second kappa shape index (κ2) is 6.43. The average molecular weight is 339 g/mol. The molecule has 5 nitrogen and oxygen atoms in total. The maximum absolute atomic E-state index is 12.0. The second-order valence-corrected chi connectivity index (χ2v) is 7.37. The van der Waals surface area contributed by atoms with Crippen molar-refractivity contribution in [2.75, 3.05) is 18.1 Å². The van der Waals surface area contributed by atoms with Crippen molar-refractivity contribution in [3.63, 3.8) is 0 Å². The summed E-state index contributed by atoms with van der Waals surface area (Å²) >= 11 is 0. The lowest BCUT2D eigenvalue weighted by molar-refractivity contribution is -0.274. The van der Waals surface area contributed by atoms with Crippen molar-refractivity contribution in [1.29, 1.82) is 0 Å². The van der Waals surface area contributed by atoms with Crippen LogP contribution in [0.5, 0.6) is 5.75 Å². The van der Waals surface area contributed by atoms with Crippen molar-refractivity contribution in [3.8, 4) is 5.75 Å². The van der Waals surface area contributed by atoms with Crippen molar-refractivity contribution in [3.05, 3.63) is 29.8 Å². The van der Waals surface area contributed by atoms with E-state index < -0.39 is 22.3 Å². The summed E-state index contributed by atoms with van der Waals surface area (Å²) in [6.45, 7) is 0.125. The number of aliphatic hydroxyl groups is 1. The lowest BCUT2D eigenvalue weighted by Crippen LogP contribution is -2.33. The molecule has 1 saturated heterocycles. The SMILES string of the molecule is O=S1(=O)CCC(NCC(O)c2ccc(OC(F)(F)F)cc2)C1. The van der Waals surface area contributed by atoms with Crippen LogP contribution in [0.15, 0.2) is 24.3 Å². The smallest absolute Gasteiger partial charge is 0.406 e. The third-order valence-corrected chi connectivity index (χ3v) is 5.10. The van der Waals surface area contributed by atoms with Gasteiger partial charge in [-0.05, 0) is 24.1 Å². The molecule has 1 aliphatic heterocycles. The fourth-order valence-electron chi connectivity index (χ4n) is 2.24. The first-order valence-corrected chi connectivity index (χ1v) is 8.44. The van der Waals surface area contributed by atoms with Crippen LogP contribution in [0.2, 0.25) is 0 Å². The topological polar surface area (TPSA) is 75.6 Å². The third kappa shape index (κ3) is 5.15. The molecule has 2 atom stereocenters. The Morgan fingerprint density at radius 2 is 1.95 bits per heavy atom. The summed E-state index contributed by atoms with van der Waals surface area (Å²) in [4.78, 5) is 0. The van der Waals surface area contributed by atoms with E-state index in [-0.39, 0.29) is 29.8 Å². The van der Waals surface area contributed by atoms with Crippen LogP contribution in [0.1, 0.15) is 18.1 Å². The average Bonchev–Trinajstić information content (AvgIpc) is 2.74. The number of nitrogens with one attached hydrogen (secondary N) is 1. The molecule has 0 aliphatic carbocycles. The van der Waals surface area contributed by atoms with Gasteiger partial charge in [-0.1, -0.05) is 12.1 Å². The van der Waals surface area contributed by atoms with Crippen LogP contribution < -0.4 is 10.1 Å². The molecule has 9 heteroatoms. The van der Waals surface area contributed by atoms with E-state index in [0.717, 1.165) is 12.1 Å². The number of sulfone groups is 1. The summed E-state index contributed by atoms with van der Waals surface area (Å²) in [7, 11) is -3.00. The first-order valence-electron chi connectivity index (χ1n) is 6.62. The van der Waals surface area contributed by atoms with Gasteiger partial charge in [-0.15, -0.1) is 13.2 Å². The van der Waals surface area contributed by atoms with E-state index in [9.17, 15) is 26.7 Å². The van der Waals surface area contributed by atoms with E-state index in [4.69, 9.17) is 0 Å². The Labute approximate surface area is 126 Å². The first kappa shape index (κ1) is 17.0. The predicted molar refractivity (Wildman–Crippen MR) is 73.1 cm³/mol. The standard InChI is InChI=1S/C13H16F3NO4S/c14-13(15,16)21-11-3-1-9(2-4-11)12(18)7-17-10-5-6-22(19,20)8-10/h1-4,10,12,17-18H,5-8H2. The number of ether oxygens (including phenoxy) is 1. The van der Waals surface area contributed by atoms with Crippen molar-refractivity contribution in [1.82, 2.24) is 5.32 Å². The fraction of sp³-hybridized carbons (Fsp3) is 0.538. The van der Waals surface area contributed by atoms with E-state index in [1.165, 1.54) is 12.1 Å². The van der Waals surface area contributed by atoms with Crippen LogP contribution >= 0.6 is 0 Å². The number of hydrogen-bond donors (Lipinski definition) is 2. The Kier molecular flexibility index (Phi) is 4.98. The van der Waals surface area contributed by atoms with Gasteiger partial charge < -0.3 is 15.2 Å². The minimum atomic E-state index is -4.75. The highest BCUT2D eigenvalue weighted by Gasteiger charge is 2.31.